The average Bonchev–Trinajstić information content (AvgIpc) is 2.29. The maximum atomic E-state index is 5.36. The van der Waals surface area contributed by atoms with Crippen molar-refractivity contribution in [3.05, 3.63) is 35.4 Å². The van der Waals surface area contributed by atoms with Crippen molar-refractivity contribution in [2.45, 2.75) is 45.1 Å². The molecule has 0 bridgehead atoms. The quantitative estimate of drug-likeness (QED) is 0.777. The van der Waals surface area contributed by atoms with Crippen molar-refractivity contribution in [1.82, 2.24) is 5.32 Å². The second-order valence-electron chi connectivity index (χ2n) is 5.42. The Morgan fingerprint density at radius 3 is 2.47 bits per heavy atom. The van der Waals surface area contributed by atoms with Gasteiger partial charge >= 0.3 is 0 Å². The van der Waals surface area contributed by atoms with Gasteiger partial charge in [0.25, 0.3) is 0 Å². The summed E-state index contributed by atoms with van der Waals surface area (Å²) in [6.07, 6.45) is 7.15. The second kappa shape index (κ2) is 5.89. The zero-order valence-electron chi connectivity index (χ0n) is 11.4. The lowest BCUT2D eigenvalue weighted by atomic mass is 9.81. The molecule has 0 aromatic heterocycles. The molecule has 0 spiro atoms. The Kier molecular flexibility index (Phi) is 4.78. The van der Waals surface area contributed by atoms with E-state index < -0.39 is 0 Å². The molecule has 0 aliphatic rings. The van der Waals surface area contributed by atoms with E-state index in [4.69, 9.17) is 6.42 Å². The molecule has 0 heterocycles. The Bertz CT molecular complexity index is 393. The van der Waals surface area contributed by atoms with Crippen LogP contribution in [0.4, 0.5) is 0 Å². The summed E-state index contributed by atoms with van der Waals surface area (Å²) in [6.45, 7) is 6.75. The van der Waals surface area contributed by atoms with Gasteiger partial charge in [0.2, 0.25) is 0 Å². The van der Waals surface area contributed by atoms with E-state index in [-0.39, 0.29) is 5.41 Å². The van der Waals surface area contributed by atoms with E-state index in [2.05, 4.69) is 56.3 Å². The molecule has 0 saturated carbocycles. The van der Waals surface area contributed by atoms with Crippen molar-refractivity contribution in [3.63, 3.8) is 0 Å². The van der Waals surface area contributed by atoms with Gasteiger partial charge in [-0.1, -0.05) is 45.0 Å². The molecule has 17 heavy (non-hydrogen) atoms. The fraction of sp³-hybridized carbons (Fsp3) is 0.500. The molecule has 1 atom stereocenters. The highest BCUT2D eigenvalue weighted by Crippen LogP contribution is 2.31. The lowest BCUT2D eigenvalue weighted by molar-refractivity contribution is 0.522. The molecular formula is C16H23N. The van der Waals surface area contributed by atoms with Crippen molar-refractivity contribution in [2.75, 3.05) is 7.05 Å². The van der Waals surface area contributed by atoms with E-state index in [1.165, 1.54) is 11.1 Å². The third kappa shape index (κ3) is 3.61. The van der Waals surface area contributed by atoms with Crippen LogP contribution in [-0.2, 0) is 5.41 Å². The zero-order valence-corrected chi connectivity index (χ0v) is 11.4. The van der Waals surface area contributed by atoms with Gasteiger partial charge < -0.3 is 5.32 Å². The van der Waals surface area contributed by atoms with Crippen LogP contribution in [-0.4, -0.2) is 7.05 Å². The van der Waals surface area contributed by atoms with E-state index in [0.717, 1.165) is 12.8 Å². The maximum Gasteiger partial charge on any atom is 0.0329 e. The first-order valence-corrected chi connectivity index (χ1v) is 6.21. The summed E-state index contributed by atoms with van der Waals surface area (Å²) in [7, 11) is 2.00. The highest BCUT2D eigenvalue weighted by Gasteiger charge is 2.21. The number of terminal acetylenes is 1. The molecule has 0 amide bonds. The Morgan fingerprint density at radius 1 is 1.29 bits per heavy atom. The van der Waals surface area contributed by atoms with Crippen LogP contribution in [0.25, 0.3) is 0 Å². The molecular weight excluding hydrogens is 206 g/mol. The Labute approximate surface area is 106 Å². The maximum absolute atomic E-state index is 5.36. The van der Waals surface area contributed by atoms with Crippen LogP contribution in [0.5, 0.6) is 0 Å². The highest BCUT2D eigenvalue weighted by molar-refractivity contribution is 5.35. The minimum absolute atomic E-state index is 0.168. The van der Waals surface area contributed by atoms with Crippen LogP contribution in [0.2, 0.25) is 0 Å². The summed E-state index contributed by atoms with van der Waals surface area (Å²) in [6, 6.07) is 8.98. The summed E-state index contributed by atoms with van der Waals surface area (Å²) >= 11 is 0. The van der Waals surface area contributed by atoms with Gasteiger partial charge in [-0.2, -0.15) is 0 Å². The predicted octanol–water partition coefficient (Wildman–Crippen LogP) is 3.66. The predicted molar refractivity (Wildman–Crippen MR) is 75.0 cm³/mol. The molecule has 0 fully saturated rings. The van der Waals surface area contributed by atoms with Gasteiger partial charge in [0.1, 0.15) is 0 Å². The smallest absolute Gasteiger partial charge is 0.0329 e. The van der Waals surface area contributed by atoms with Crippen molar-refractivity contribution in [1.29, 1.82) is 0 Å². The Balaban J connectivity index is 3.07. The fourth-order valence-corrected chi connectivity index (χ4v) is 2.17. The third-order valence-electron chi connectivity index (χ3n) is 3.07. The standard InChI is InChI=1S/C16H23N/c1-6-7-12-15(17-5)13-10-8-9-11-14(13)16(2,3)4/h1,8-11,15,17H,7,12H2,2-5H3. The molecule has 0 aliphatic carbocycles. The van der Waals surface area contributed by atoms with Crippen molar-refractivity contribution < 1.29 is 0 Å². The lowest BCUT2D eigenvalue weighted by Crippen LogP contribution is -2.22. The zero-order chi connectivity index (χ0) is 12.9. The average molecular weight is 229 g/mol. The monoisotopic (exact) mass is 229 g/mol. The summed E-state index contributed by atoms with van der Waals surface area (Å²) in [5.74, 6) is 2.72. The molecule has 1 aromatic carbocycles. The van der Waals surface area contributed by atoms with Crippen LogP contribution >= 0.6 is 0 Å². The second-order valence-corrected chi connectivity index (χ2v) is 5.42. The van der Waals surface area contributed by atoms with Crippen LogP contribution < -0.4 is 5.32 Å². The van der Waals surface area contributed by atoms with Gasteiger partial charge in [-0.3, -0.25) is 0 Å². The van der Waals surface area contributed by atoms with E-state index in [1.54, 1.807) is 0 Å². The number of benzene rings is 1. The molecule has 0 aliphatic heterocycles. The Hall–Kier alpha value is -1.26. The van der Waals surface area contributed by atoms with Crippen molar-refractivity contribution >= 4 is 0 Å². The van der Waals surface area contributed by atoms with Gasteiger partial charge in [-0.05, 0) is 30.0 Å². The van der Waals surface area contributed by atoms with E-state index in [0.29, 0.717) is 6.04 Å². The molecule has 1 N–H and O–H groups in total. The topological polar surface area (TPSA) is 12.0 Å². The molecule has 1 rings (SSSR count). The SMILES string of the molecule is C#CCCC(NC)c1ccccc1C(C)(C)C. The van der Waals surface area contributed by atoms with E-state index >= 15 is 0 Å². The molecule has 1 aromatic rings. The Morgan fingerprint density at radius 2 is 1.94 bits per heavy atom. The van der Waals surface area contributed by atoms with Crippen LogP contribution in [0.15, 0.2) is 24.3 Å². The van der Waals surface area contributed by atoms with Gasteiger partial charge in [0, 0.05) is 12.5 Å². The fourth-order valence-electron chi connectivity index (χ4n) is 2.17. The summed E-state index contributed by atoms with van der Waals surface area (Å²) in [4.78, 5) is 0. The molecule has 1 unspecified atom stereocenters. The first kappa shape index (κ1) is 13.8. The van der Waals surface area contributed by atoms with Gasteiger partial charge in [-0.15, -0.1) is 12.3 Å². The van der Waals surface area contributed by atoms with E-state index in [9.17, 15) is 0 Å². The minimum Gasteiger partial charge on any atom is -0.313 e. The number of rotatable bonds is 4. The molecule has 1 heteroatoms. The minimum atomic E-state index is 0.168. The number of hydrogen-bond acceptors (Lipinski definition) is 1. The largest absolute Gasteiger partial charge is 0.313 e. The summed E-state index contributed by atoms with van der Waals surface area (Å²) < 4.78 is 0. The molecule has 0 saturated heterocycles. The van der Waals surface area contributed by atoms with Crippen molar-refractivity contribution in [3.8, 4) is 12.3 Å². The normalized spacial score (nSPS) is 13.1. The molecule has 0 radical (unpaired) electrons. The van der Waals surface area contributed by atoms with Crippen LogP contribution in [0, 0.1) is 12.3 Å². The number of hydrogen-bond donors (Lipinski definition) is 1. The number of nitrogens with one attached hydrogen (secondary N) is 1. The summed E-state index contributed by atoms with van der Waals surface area (Å²) in [5, 5.41) is 3.37. The van der Waals surface area contributed by atoms with Gasteiger partial charge in [-0.25, -0.2) is 0 Å². The van der Waals surface area contributed by atoms with Gasteiger partial charge in [0.15, 0.2) is 0 Å². The first-order valence-electron chi connectivity index (χ1n) is 6.21. The van der Waals surface area contributed by atoms with Crippen LogP contribution in [0.1, 0.15) is 50.8 Å². The van der Waals surface area contributed by atoms with E-state index in [1.807, 2.05) is 7.05 Å². The summed E-state index contributed by atoms with van der Waals surface area (Å²) in [5.41, 5.74) is 2.94. The van der Waals surface area contributed by atoms with Gasteiger partial charge in [0.05, 0.1) is 0 Å². The molecule has 1 nitrogen and oxygen atoms in total. The lowest BCUT2D eigenvalue weighted by Gasteiger charge is -2.27. The third-order valence-corrected chi connectivity index (χ3v) is 3.07. The first-order chi connectivity index (χ1) is 8.00. The van der Waals surface area contributed by atoms with Crippen LogP contribution in [0.3, 0.4) is 0 Å². The van der Waals surface area contributed by atoms with Crippen molar-refractivity contribution in [2.24, 2.45) is 0 Å². The highest BCUT2D eigenvalue weighted by atomic mass is 14.9. The molecule has 92 valence electrons.